The molecule has 0 amide bonds. The zero-order valence-electron chi connectivity index (χ0n) is 10.2. The van der Waals surface area contributed by atoms with Crippen molar-refractivity contribution in [1.82, 2.24) is 0 Å². The summed E-state index contributed by atoms with van der Waals surface area (Å²) in [5.41, 5.74) is 0. The molecular formula is C13H18O4S. The van der Waals surface area contributed by atoms with E-state index in [1.807, 2.05) is 30.3 Å². The number of aldehydes is 1. The Kier molecular flexibility index (Phi) is 9.46. The first-order chi connectivity index (χ1) is 8.93. The summed E-state index contributed by atoms with van der Waals surface area (Å²) in [7, 11) is 0. The molecule has 1 aromatic carbocycles. The van der Waals surface area contributed by atoms with E-state index in [9.17, 15) is 4.79 Å². The van der Waals surface area contributed by atoms with Crippen LogP contribution in [0.1, 0.15) is 6.42 Å². The van der Waals surface area contributed by atoms with Crippen LogP contribution in [0.25, 0.3) is 0 Å². The molecule has 0 N–H and O–H groups in total. The molecule has 0 heterocycles. The Balaban J connectivity index is 1.83. The van der Waals surface area contributed by atoms with Crippen LogP contribution in [0, 0.1) is 0 Å². The number of carbonyl (C=O) groups excluding carboxylic acids is 1. The lowest BCUT2D eigenvalue weighted by atomic mass is 10.4. The Bertz CT molecular complexity index is 305. The summed E-state index contributed by atoms with van der Waals surface area (Å²) in [5, 5.41) is 0. The molecule has 0 unspecified atom stereocenters. The van der Waals surface area contributed by atoms with Crippen LogP contribution in [0.4, 0.5) is 0 Å². The van der Waals surface area contributed by atoms with Crippen molar-refractivity contribution in [3.63, 3.8) is 0 Å². The number of rotatable bonds is 11. The first-order valence-electron chi connectivity index (χ1n) is 5.87. The van der Waals surface area contributed by atoms with Crippen LogP contribution in [-0.4, -0.2) is 39.3 Å². The predicted octanol–water partition coefficient (Wildman–Crippen LogP) is 2.33. The van der Waals surface area contributed by atoms with Gasteiger partial charge in [-0.15, -0.1) is 0 Å². The van der Waals surface area contributed by atoms with Crippen LogP contribution >= 0.6 is 12.0 Å². The smallest absolute Gasteiger partial charge is 0.122 e. The Hall–Kier alpha value is -0.880. The van der Waals surface area contributed by atoms with Crippen molar-refractivity contribution in [1.29, 1.82) is 0 Å². The topological polar surface area (TPSA) is 44.8 Å². The van der Waals surface area contributed by atoms with Gasteiger partial charge in [-0.2, -0.15) is 0 Å². The molecule has 0 spiro atoms. The average Bonchev–Trinajstić information content (AvgIpc) is 2.42. The summed E-state index contributed by atoms with van der Waals surface area (Å²) in [4.78, 5) is 11.1. The highest BCUT2D eigenvalue weighted by Gasteiger charge is 1.94. The van der Waals surface area contributed by atoms with Gasteiger partial charge in [0.2, 0.25) is 0 Å². The maximum absolute atomic E-state index is 10.00. The lowest BCUT2D eigenvalue weighted by Gasteiger charge is -2.05. The minimum Gasteiger partial charge on any atom is -0.379 e. The van der Waals surface area contributed by atoms with Gasteiger partial charge >= 0.3 is 0 Å². The number of hydrogen-bond acceptors (Lipinski definition) is 5. The molecule has 18 heavy (non-hydrogen) atoms. The maximum Gasteiger partial charge on any atom is 0.122 e. The van der Waals surface area contributed by atoms with Crippen molar-refractivity contribution < 1.29 is 18.5 Å². The van der Waals surface area contributed by atoms with Gasteiger partial charge in [0, 0.05) is 23.4 Å². The highest BCUT2D eigenvalue weighted by Crippen LogP contribution is 2.17. The summed E-state index contributed by atoms with van der Waals surface area (Å²) in [6.45, 7) is 2.58. The Morgan fingerprint density at radius 2 is 1.61 bits per heavy atom. The van der Waals surface area contributed by atoms with Gasteiger partial charge < -0.3 is 18.5 Å². The van der Waals surface area contributed by atoms with E-state index in [1.54, 1.807) is 0 Å². The second-order valence-electron chi connectivity index (χ2n) is 3.40. The molecule has 1 rings (SSSR count). The van der Waals surface area contributed by atoms with Crippen molar-refractivity contribution in [2.45, 2.75) is 11.3 Å². The minimum atomic E-state index is 0.441. The van der Waals surface area contributed by atoms with Crippen LogP contribution in [0.5, 0.6) is 0 Å². The minimum absolute atomic E-state index is 0.441. The Morgan fingerprint density at radius 1 is 0.944 bits per heavy atom. The quantitative estimate of drug-likeness (QED) is 0.351. The third kappa shape index (κ3) is 8.25. The molecule has 0 radical (unpaired) electrons. The molecule has 0 aromatic heterocycles. The predicted molar refractivity (Wildman–Crippen MR) is 70.6 cm³/mol. The van der Waals surface area contributed by atoms with Crippen molar-refractivity contribution in [2.24, 2.45) is 0 Å². The fraction of sp³-hybridized carbons (Fsp3) is 0.462. The molecule has 0 aliphatic heterocycles. The normalized spacial score (nSPS) is 10.4. The van der Waals surface area contributed by atoms with Gasteiger partial charge in [0.05, 0.1) is 33.0 Å². The van der Waals surface area contributed by atoms with E-state index in [-0.39, 0.29) is 0 Å². The first-order valence-corrected chi connectivity index (χ1v) is 6.61. The van der Waals surface area contributed by atoms with E-state index >= 15 is 0 Å². The van der Waals surface area contributed by atoms with Gasteiger partial charge in [-0.25, -0.2) is 0 Å². The lowest BCUT2D eigenvalue weighted by molar-refractivity contribution is -0.108. The third-order valence-electron chi connectivity index (χ3n) is 1.96. The van der Waals surface area contributed by atoms with Crippen LogP contribution in [0.2, 0.25) is 0 Å². The number of ether oxygens (including phenoxy) is 2. The molecule has 5 heteroatoms. The molecule has 100 valence electrons. The molecule has 0 aliphatic carbocycles. The summed E-state index contributed by atoms with van der Waals surface area (Å²) in [6.07, 6.45) is 1.28. The van der Waals surface area contributed by atoms with Crippen LogP contribution in [0.15, 0.2) is 35.2 Å². The van der Waals surface area contributed by atoms with Crippen molar-refractivity contribution in [3.05, 3.63) is 30.3 Å². The van der Waals surface area contributed by atoms with Gasteiger partial charge in [0.1, 0.15) is 6.29 Å². The van der Waals surface area contributed by atoms with Crippen molar-refractivity contribution in [2.75, 3.05) is 33.0 Å². The highest BCUT2D eigenvalue weighted by molar-refractivity contribution is 7.94. The van der Waals surface area contributed by atoms with E-state index in [4.69, 9.17) is 13.7 Å². The summed E-state index contributed by atoms with van der Waals surface area (Å²) in [5.74, 6) is 0. The zero-order chi connectivity index (χ0) is 12.9. The van der Waals surface area contributed by atoms with E-state index in [0.29, 0.717) is 39.5 Å². The molecule has 4 nitrogen and oxygen atoms in total. The Labute approximate surface area is 112 Å². The molecule has 0 atom stereocenters. The fourth-order valence-electron chi connectivity index (χ4n) is 1.13. The maximum atomic E-state index is 10.00. The fourth-order valence-corrected chi connectivity index (χ4v) is 1.69. The highest BCUT2D eigenvalue weighted by atomic mass is 32.2. The number of hydrogen-bond donors (Lipinski definition) is 0. The third-order valence-corrected chi connectivity index (χ3v) is 2.71. The molecule has 0 saturated heterocycles. The molecule has 0 bridgehead atoms. The van der Waals surface area contributed by atoms with E-state index < -0.39 is 0 Å². The van der Waals surface area contributed by atoms with Crippen molar-refractivity contribution in [3.8, 4) is 0 Å². The second-order valence-corrected chi connectivity index (χ2v) is 4.27. The van der Waals surface area contributed by atoms with Gasteiger partial charge in [0.25, 0.3) is 0 Å². The van der Waals surface area contributed by atoms with E-state index in [1.165, 1.54) is 12.0 Å². The van der Waals surface area contributed by atoms with Crippen molar-refractivity contribution >= 4 is 18.3 Å². The van der Waals surface area contributed by atoms with Gasteiger partial charge in [-0.3, -0.25) is 0 Å². The molecule has 0 saturated carbocycles. The largest absolute Gasteiger partial charge is 0.379 e. The Morgan fingerprint density at radius 3 is 2.33 bits per heavy atom. The SMILES string of the molecule is O=CCCOCCOCCOSc1ccccc1. The van der Waals surface area contributed by atoms with Gasteiger partial charge in [-0.05, 0) is 12.1 Å². The first kappa shape index (κ1) is 15.2. The zero-order valence-corrected chi connectivity index (χ0v) is 11.1. The standard InChI is InChI=1S/C13H18O4S/c14-7-4-8-15-9-10-16-11-12-17-18-13-5-2-1-3-6-13/h1-3,5-7H,4,8-12H2. The van der Waals surface area contributed by atoms with Crippen LogP contribution in [-0.2, 0) is 18.5 Å². The number of carbonyl (C=O) groups is 1. The summed E-state index contributed by atoms with van der Waals surface area (Å²) < 4.78 is 15.8. The summed E-state index contributed by atoms with van der Waals surface area (Å²) >= 11 is 1.35. The molecular weight excluding hydrogens is 252 g/mol. The number of benzene rings is 1. The molecule has 0 aliphatic rings. The van der Waals surface area contributed by atoms with Crippen LogP contribution < -0.4 is 0 Å². The van der Waals surface area contributed by atoms with Crippen LogP contribution in [0.3, 0.4) is 0 Å². The van der Waals surface area contributed by atoms with E-state index in [2.05, 4.69) is 0 Å². The molecule has 0 fully saturated rings. The van der Waals surface area contributed by atoms with Gasteiger partial charge in [0.15, 0.2) is 0 Å². The molecule has 1 aromatic rings. The monoisotopic (exact) mass is 270 g/mol. The second kappa shape index (κ2) is 11.2. The van der Waals surface area contributed by atoms with E-state index in [0.717, 1.165) is 11.2 Å². The summed E-state index contributed by atoms with van der Waals surface area (Å²) in [6, 6.07) is 9.90. The van der Waals surface area contributed by atoms with Gasteiger partial charge in [-0.1, -0.05) is 18.2 Å². The average molecular weight is 270 g/mol. The lowest BCUT2D eigenvalue weighted by Crippen LogP contribution is -2.08.